The highest BCUT2D eigenvalue weighted by molar-refractivity contribution is 7.62. The maximum absolute atomic E-state index is 11.4. The number of imidazole rings is 1. The Morgan fingerprint density at radius 3 is 2.88 bits per heavy atom. The molecule has 0 spiro atoms. The second kappa shape index (κ2) is 5.25. The summed E-state index contributed by atoms with van der Waals surface area (Å²) >= 11 is 0. The Labute approximate surface area is 93.2 Å². The van der Waals surface area contributed by atoms with Gasteiger partial charge in [0.05, 0.1) is 26.2 Å². The Balaban J connectivity index is 2.39. The molecule has 0 bridgehead atoms. The molecular weight excluding hydrogens is 231 g/mol. The number of nitrogens with one attached hydrogen (secondary N) is 2. The van der Waals surface area contributed by atoms with Crippen LogP contribution in [0.3, 0.4) is 0 Å². The molecule has 0 fully saturated rings. The number of carbonyl (C=O) groups excluding carboxylic acids is 1. The number of anilines is 1. The zero-order valence-electron chi connectivity index (χ0n) is 9.17. The molecule has 0 atom stereocenters. The highest BCUT2D eigenvalue weighted by Crippen LogP contribution is 2.33. The predicted octanol–water partition coefficient (Wildman–Crippen LogP) is 0.302. The molecule has 1 amide bonds. The van der Waals surface area contributed by atoms with Gasteiger partial charge in [-0.1, -0.05) is 0 Å². The van der Waals surface area contributed by atoms with Crippen LogP contribution in [0.5, 0.6) is 0 Å². The number of aromatic amines is 1. The summed E-state index contributed by atoms with van der Waals surface area (Å²) in [5.74, 6) is -0.347. The van der Waals surface area contributed by atoms with E-state index in [1.54, 1.807) is 13.3 Å². The van der Waals surface area contributed by atoms with Gasteiger partial charge in [0.15, 0.2) is 5.82 Å². The van der Waals surface area contributed by atoms with Crippen LogP contribution in [-0.2, 0) is 9.36 Å². The van der Waals surface area contributed by atoms with Crippen molar-refractivity contribution in [3.63, 3.8) is 0 Å². The Hall–Kier alpha value is -1.17. The smallest absolute Gasteiger partial charge is 0.266 e. The molecule has 0 saturated carbocycles. The van der Waals surface area contributed by atoms with Crippen LogP contribution >= 0.6 is 7.14 Å². The molecule has 8 heteroatoms. The molecule has 1 rings (SSSR count). The maximum atomic E-state index is 11.4. The lowest BCUT2D eigenvalue weighted by Gasteiger charge is -2.13. The van der Waals surface area contributed by atoms with Crippen LogP contribution in [0.25, 0.3) is 0 Å². The molecule has 3 N–H and O–H groups in total. The Kier molecular flexibility index (Phi) is 4.23. The van der Waals surface area contributed by atoms with Crippen molar-refractivity contribution in [3.8, 4) is 0 Å². The van der Waals surface area contributed by atoms with Crippen LogP contribution in [-0.4, -0.2) is 47.2 Å². The molecular formula is C8H15N4O3P. The van der Waals surface area contributed by atoms with E-state index in [1.165, 1.54) is 12.5 Å². The highest BCUT2D eigenvalue weighted by Gasteiger charge is 2.15. The Bertz CT molecular complexity index is 386. The third-order valence-corrected chi connectivity index (χ3v) is 2.70. The van der Waals surface area contributed by atoms with Gasteiger partial charge in [0.1, 0.15) is 0 Å². The molecule has 0 radical (unpaired) electrons. The molecule has 1 heterocycles. The van der Waals surface area contributed by atoms with E-state index in [4.69, 9.17) is 0 Å². The normalized spacial score (nSPS) is 11.4. The molecule has 16 heavy (non-hydrogen) atoms. The summed E-state index contributed by atoms with van der Waals surface area (Å²) in [6.45, 7) is 3.16. The van der Waals surface area contributed by atoms with E-state index in [0.717, 1.165) is 0 Å². The number of hydrogen-bond donors (Lipinski definition) is 3. The number of H-pyrrole nitrogens is 1. The Morgan fingerprint density at radius 2 is 2.38 bits per heavy atom. The molecule has 0 aliphatic heterocycles. The van der Waals surface area contributed by atoms with Gasteiger partial charge in [0, 0.05) is 6.29 Å². The van der Waals surface area contributed by atoms with Gasteiger partial charge in [0.25, 0.3) is 5.91 Å². The largest absolute Gasteiger partial charge is 0.329 e. The second-order valence-electron chi connectivity index (χ2n) is 3.80. The lowest BCUT2D eigenvalue weighted by Crippen LogP contribution is -2.36. The van der Waals surface area contributed by atoms with Crippen molar-refractivity contribution in [1.29, 1.82) is 0 Å². The fourth-order valence-electron chi connectivity index (χ4n) is 1.01. The molecule has 1 aromatic heterocycles. The van der Waals surface area contributed by atoms with Gasteiger partial charge < -0.3 is 14.9 Å². The van der Waals surface area contributed by atoms with Gasteiger partial charge in [-0.2, -0.15) is 5.06 Å². The van der Waals surface area contributed by atoms with Crippen molar-refractivity contribution in [1.82, 2.24) is 15.3 Å². The van der Waals surface area contributed by atoms with E-state index in [9.17, 15) is 14.6 Å². The van der Waals surface area contributed by atoms with E-state index >= 15 is 0 Å². The van der Waals surface area contributed by atoms with Crippen molar-refractivity contribution in [3.05, 3.63) is 12.5 Å². The van der Waals surface area contributed by atoms with E-state index in [1.807, 2.05) is 0 Å². The summed E-state index contributed by atoms with van der Waals surface area (Å²) in [4.78, 5) is 17.7. The van der Waals surface area contributed by atoms with Crippen LogP contribution in [0.1, 0.15) is 0 Å². The average molecular weight is 246 g/mol. The zero-order valence-corrected chi connectivity index (χ0v) is 10.1. The van der Waals surface area contributed by atoms with Crippen LogP contribution in [0, 0.1) is 0 Å². The third kappa shape index (κ3) is 4.14. The number of nitrogens with zero attached hydrogens (tertiary/aromatic N) is 2. The molecule has 0 saturated heterocycles. The first-order valence-electron chi connectivity index (χ1n) is 4.65. The number of rotatable bonds is 5. The third-order valence-electron chi connectivity index (χ3n) is 1.72. The molecule has 0 aliphatic carbocycles. The topological polar surface area (TPSA) is 98.3 Å². The molecule has 0 aliphatic rings. The van der Waals surface area contributed by atoms with E-state index in [2.05, 4.69) is 15.3 Å². The zero-order chi connectivity index (χ0) is 12.2. The lowest BCUT2D eigenvalue weighted by molar-refractivity contribution is -0.122. The fraction of sp³-hybridized carbons (Fsp3) is 0.500. The van der Waals surface area contributed by atoms with Crippen molar-refractivity contribution in [2.24, 2.45) is 0 Å². The summed E-state index contributed by atoms with van der Waals surface area (Å²) in [5, 5.41) is 12.6. The van der Waals surface area contributed by atoms with Crippen LogP contribution < -0.4 is 10.4 Å². The quantitative estimate of drug-likeness (QED) is 0.394. The number of amides is 1. The van der Waals surface area contributed by atoms with Gasteiger partial charge in [-0.25, -0.2) is 4.98 Å². The molecule has 0 unspecified atom stereocenters. The van der Waals surface area contributed by atoms with Crippen LogP contribution in [0.4, 0.5) is 5.82 Å². The minimum Gasteiger partial charge on any atom is -0.329 e. The summed E-state index contributed by atoms with van der Waals surface area (Å²) in [6, 6.07) is 0. The second-order valence-corrected chi connectivity index (χ2v) is 7.27. The fourth-order valence-corrected chi connectivity index (χ4v) is 1.66. The monoisotopic (exact) mass is 246 g/mol. The van der Waals surface area contributed by atoms with E-state index in [-0.39, 0.29) is 18.6 Å². The first kappa shape index (κ1) is 12.9. The van der Waals surface area contributed by atoms with Gasteiger partial charge in [0.2, 0.25) is 0 Å². The molecule has 1 aromatic rings. The Morgan fingerprint density at radius 1 is 1.69 bits per heavy atom. The number of hydrogen-bond acceptors (Lipinski definition) is 5. The minimum absolute atomic E-state index is 0.0822. The van der Waals surface area contributed by atoms with Crippen LogP contribution in [0.2, 0.25) is 0 Å². The number of carbonyl (C=O) groups is 1. The molecule has 0 aromatic carbocycles. The lowest BCUT2D eigenvalue weighted by atomic mass is 10.5. The summed E-state index contributed by atoms with van der Waals surface area (Å²) < 4.78 is 11.3. The van der Waals surface area contributed by atoms with Gasteiger partial charge in [-0.05, 0) is 13.3 Å². The highest BCUT2D eigenvalue weighted by atomic mass is 31.2. The summed E-state index contributed by atoms with van der Waals surface area (Å²) in [5.41, 5.74) is 0. The van der Waals surface area contributed by atoms with E-state index in [0.29, 0.717) is 5.06 Å². The number of aromatic nitrogens is 2. The standard InChI is InChI=1S/C8H15N4O3P/c1-16(2,15)6-10-4-8(13)12(14)7-3-9-5-11-7/h3,5,10,14H,4,6H2,1-2H3,(H,9,11). The van der Waals surface area contributed by atoms with Gasteiger partial charge in [-0.3, -0.25) is 10.0 Å². The van der Waals surface area contributed by atoms with Gasteiger partial charge >= 0.3 is 0 Å². The van der Waals surface area contributed by atoms with Crippen molar-refractivity contribution < 1.29 is 14.6 Å². The first-order chi connectivity index (χ1) is 7.40. The minimum atomic E-state index is -2.20. The first-order valence-corrected chi connectivity index (χ1v) is 7.44. The number of hydroxylamine groups is 1. The summed E-state index contributed by atoms with van der Waals surface area (Å²) in [6.07, 6.45) is 2.93. The molecule has 7 nitrogen and oxygen atoms in total. The SMILES string of the molecule is CP(C)(=O)CNCC(=O)N(O)c1cnc[nH]1. The summed E-state index contributed by atoms with van der Waals surface area (Å²) in [7, 11) is -2.20. The van der Waals surface area contributed by atoms with Gasteiger partial charge in [-0.15, -0.1) is 0 Å². The van der Waals surface area contributed by atoms with E-state index < -0.39 is 13.0 Å². The van der Waals surface area contributed by atoms with Crippen molar-refractivity contribution >= 4 is 18.9 Å². The average Bonchev–Trinajstić information content (AvgIpc) is 2.67. The van der Waals surface area contributed by atoms with Crippen LogP contribution in [0.15, 0.2) is 12.5 Å². The molecule has 90 valence electrons. The predicted molar refractivity (Wildman–Crippen MR) is 60.2 cm³/mol. The van der Waals surface area contributed by atoms with Crippen molar-refractivity contribution in [2.75, 3.05) is 31.2 Å². The maximum Gasteiger partial charge on any atom is 0.266 e. The van der Waals surface area contributed by atoms with Crippen molar-refractivity contribution in [2.45, 2.75) is 0 Å².